The molecule has 46 heavy (non-hydrogen) atoms. The third-order valence-electron chi connectivity index (χ3n) is 9.06. The van der Waals surface area contributed by atoms with Crippen molar-refractivity contribution in [3.05, 3.63) is 197 Å². The fraction of sp³-hybridized carbons (Fsp3) is 0.0435. The van der Waals surface area contributed by atoms with Gasteiger partial charge in [-0.1, -0.05) is 152 Å². The van der Waals surface area contributed by atoms with Crippen molar-refractivity contribution in [1.82, 2.24) is 0 Å². The molecule has 0 heteroatoms. The van der Waals surface area contributed by atoms with Crippen molar-refractivity contribution in [1.29, 1.82) is 0 Å². The highest BCUT2D eigenvalue weighted by atomic mass is 14.2. The molecule has 0 saturated heterocycles. The lowest BCUT2D eigenvalue weighted by Gasteiger charge is -2.14. The predicted octanol–water partition coefficient (Wildman–Crippen LogP) is 10.5. The Balaban J connectivity index is 1.44. The van der Waals surface area contributed by atoms with Crippen LogP contribution in [0.25, 0.3) is 60.3 Å². The Bertz CT molecular complexity index is 2530. The van der Waals surface area contributed by atoms with Crippen LogP contribution in [0.3, 0.4) is 0 Å². The van der Waals surface area contributed by atoms with E-state index in [0.717, 1.165) is 23.6 Å². The van der Waals surface area contributed by atoms with Crippen LogP contribution in [0.4, 0.5) is 0 Å². The molecule has 1 aliphatic rings. The van der Waals surface area contributed by atoms with Gasteiger partial charge in [-0.05, 0) is 90.0 Å². The summed E-state index contributed by atoms with van der Waals surface area (Å²) in [6, 6.07) is 52.7. The van der Waals surface area contributed by atoms with Gasteiger partial charge in [0.05, 0.1) is 0 Å². The van der Waals surface area contributed by atoms with Gasteiger partial charge in [0.1, 0.15) is 0 Å². The molecule has 0 N–H and O–H groups in total. The first kappa shape index (κ1) is 27.6. The van der Waals surface area contributed by atoms with E-state index in [-0.39, 0.29) is 0 Å². The number of fused-ring (bicyclic) bond motifs is 4. The van der Waals surface area contributed by atoms with E-state index in [9.17, 15) is 0 Å². The van der Waals surface area contributed by atoms with E-state index in [1.54, 1.807) is 0 Å². The minimum Gasteiger partial charge on any atom is -0.125 e. The Morgan fingerprint density at radius 3 is 1.78 bits per heavy atom. The van der Waals surface area contributed by atoms with Crippen molar-refractivity contribution >= 4 is 49.2 Å². The maximum atomic E-state index is 3.95. The minimum absolute atomic E-state index is 0.722. The zero-order valence-electron chi connectivity index (χ0n) is 25.6. The molecule has 0 bridgehead atoms. The van der Waals surface area contributed by atoms with Crippen molar-refractivity contribution in [2.75, 3.05) is 0 Å². The molecule has 7 aromatic rings. The molecule has 0 fully saturated rings. The van der Waals surface area contributed by atoms with E-state index in [2.05, 4.69) is 175 Å². The van der Waals surface area contributed by atoms with Gasteiger partial charge in [-0.2, -0.15) is 0 Å². The lowest BCUT2D eigenvalue weighted by Crippen LogP contribution is -2.26. The first-order chi connectivity index (χ1) is 22.8. The van der Waals surface area contributed by atoms with E-state index >= 15 is 0 Å². The molecular formula is C46H32. The van der Waals surface area contributed by atoms with Crippen LogP contribution in [0.5, 0.6) is 0 Å². The normalized spacial score (nSPS) is 15.1. The Labute approximate surface area is 269 Å². The molecule has 0 radical (unpaired) electrons. The van der Waals surface area contributed by atoms with Gasteiger partial charge < -0.3 is 0 Å². The van der Waals surface area contributed by atoms with Gasteiger partial charge in [-0.3, -0.25) is 0 Å². The van der Waals surface area contributed by atoms with Crippen molar-refractivity contribution in [2.45, 2.75) is 12.8 Å². The second kappa shape index (κ2) is 12.2. The van der Waals surface area contributed by atoms with Crippen LogP contribution in [-0.4, -0.2) is 0 Å². The van der Waals surface area contributed by atoms with Gasteiger partial charge >= 0.3 is 0 Å². The lowest BCUT2D eigenvalue weighted by atomic mass is 9.89. The summed E-state index contributed by atoms with van der Waals surface area (Å²) in [5, 5.41) is 9.84. The molecule has 8 rings (SSSR count). The van der Waals surface area contributed by atoms with Crippen LogP contribution in [0, 0.1) is 0 Å². The van der Waals surface area contributed by atoms with Crippen LogP contribution < -0.4 is 10.4 Å². The SMILES string of the molecule is C1=C/C=C\C/C(c2cccc3ccccc23)=c2/ccccc2=C=C(c2ccc(-c3cccc4ccccc34)c3ccccc23)CC=1. The number of benzene rings is 7. The Hall–Kier alpha value is -5.90. The number of hydrogen-bond acceptors (Lipinski definition) is 0. The fourth-order valence-corrected chi connectivity index (χ4v) is 6.90. The Morgan fingerprint density at radius 2 is 1.00 bits per heavy atom. The largest absolute Gasteiger partial charge is 0.125 e. The molecule has 0 atom stereocenters. The van der Waals surface area contributed by atoms with E-state index in [0.29, 0.717) is 0 Å². The molecule has 1 aliphatic carbocycles. The second-order valence-corrected chi connectivity index (χ2v) is 11.8. The highest BCUT2D eigenvalue weighted by Gasteiger charge is 2.13. The molecule has 0 amide bonds. The third-order valence-corrected chi connectivity index (χ3v) is 9.06. The van der Waals surface area contributed by atoms with Crippen LogP contribution in [0.2, 0.25) is 0 Å². The molecule has 0 unspecified atom stereocenters. The first-order valence-corrected chi connectivity index (χ1v) is 16.0. The second-order valence-electron chi connectivity index (χ2n) is 11.8. The highest BCUT2D eigenvalue weighted by Crippen LogP contribution is 2.37. The third kappa shape index (κ3) is 5.13. The van der Waals surface area contributed by atoms with Crippen LogP contribution in [-0.2, 0) is 0 Å². The van der Waals surface area contributed by atoms with Gasteiger partial charge in [-0.15, -0.1) is 11.5 Å². The molecule has 0 spiro atoms. The quantitative estimate of drug-likeness (QED) is 0.181. The number of hydrogen-bond donors (Lipinski definition) is 0. The zero-order chi connectivity index (χ0) is 30.7. The Morgan fingerprint density at radius 1 is 0.435 bits per heavy atom. The average Bonchev–Trinajstić information content (AvgIpc) is 3.11. The van der Waals surface area contributed by atoms with Crippen molar-refractivity contribution in [3.63, 3.8) is 0 Å². The summed E-state index contributed by atoms with van der Waals surface area (Å²) in [5.41, 5.74) is 14.8. The monoisotopic (exact) mass is 584 g/mol. The summed E-state index contributed by atoms with van der Waals surface area (Å²) in [6.07, 6.45) is 10.0. The lowest BCUT2D eigenvalue weighted by molar-refractivity contribution is 1.34. The van der Waals surface area contributed by atoms with Crippen LogP contribution in [0.15, 0.2) is 176 Å². The maximum Gasteiger partial charge on any atom is 0.0243 e. The van der Waals surface area contributed by atoms with E-state index in [1.807, 2.05) is 6.08 Å². The van der Waals surface area contributed by atoms with Gasteiger partial charge in [-0.25, -0.2) is 0 Å². The van der Waals surface area contributed by atoms with E-state index < -0.39 is 0 Å². The molecule has 0 saturated carbocycles. The summed E-state index contributed by atoms with van der Waals surface area (Å²) in [5.74, 6) is 0. The zero-order valence-corrected chi connectivity index (χ0v) is 25.6. The van der Waals surface area contributed by atoms with Gasteiger partial charge in [0.2, 0.25) is 0 Å². The summed E-state index contributed by atoms with van der Waals surface area (Å²) in [4.78, 5) is 0. The molecule has 216 valence electrons. The predicted molar refractivity (Wildman–Crippen MR) is 197 cm³/mol. The van der Waals surface area contributed by atoms with E-state index in [1.165, 1.54) is 65.4 Å². The first-order valence-electron chi connectivity index (χ1n) is 16.0. The van der Waals surface area contributed by atoms with Crippen molar-refractivity contribution in [3.8, 4) is 11.1 Å². The maximum absolute atomic E-state index is 3.95. The molecule has 0 aromatic heterocycles. The summed E-state index contributed by atoms with van der Waals surface area (Å²) < 4.78 is 0. The topological polar surface area (TPSA) is 0 Å². The van der Waals surface area contributed by atoms with Crippen molar-refractivity contribution < 1.29 is 0 Å². The molecule has 0 heterocycles. The Kier molecular flexibility index (Phi) is 7.35. The van der Waals surface area contributed by atoms with Gasteiger partial charge in [0.25, 0.3) is 0 Å². The standard InChI is InChI=1S/C46H32/c1-2-4-18-36(40-30-31-46(45-27-13-12-26-42(40)45)44-29-15-21-34-17-7-10-23-38(34)44)32-35-19-8-11-24-39(35)41(25-5-3-1)43-28-14-20-33-16-6-9-22-37(33)43/h1,3-17,19-24,26-31H,18,25H2/b5-3-,41-39+. The molecule has 0 aliphatic heterocycles. The van der Waals surface area contributed by atoms with Gasteiger partial charge in [0.15, 0.2) is 0 Å². The van der Waals surface area contributed by atoms with Gasteiger partial charge in [0, 0.05) is 17.2 Å². The van der Waals surface area contributed by atoms with Crippen molar-refractivity contribution in [2.24, 2.45) is 0 Å². The van der Waals surface area contributed by atoms with Crippen LogP contribution >= 0.6 is 0 Å². The smallest absolute Gasteiger partial charge is 0.0243 e. The number of rotatable bonds is 3. The summed E-state index contributed by atoms with van der Waals surface area (Å²) in [6.45, 7) is 0. The number of allylic oxidation sites excluding steroid dienone is 4. The highest BCUT2D eigenvalue weighted by molar-refractivity contribution is 6.08. The molecule has 0 nitrogen and oxygen atoms in total. The minimum atomic E-state index is 0.722. The molecular weight excluding hydrogens is 553 g/mol. The fourth-order valence-electron chi connectivity index (χ4n) is 6.90. The van der Waals surface area contributed by atoms with E-state index in [4.69, 9.17) is 0 Å². The molecule has 7 aromatic carbocycles. The van der Waals surface area contributed by atoms with Crippen LogP contribution in [0.1, 0.15) is 24.0 Å². The average molecular weight is 585 g/mol. The summed E-state index contributed by atoms with van der Waals surface area (Å²) >= 11 is 0. The summed E-state index contributed by atoms with van der Waals surface area (Å²) in [7, 11) is 0.